The van der Waals surface area contributed by atoms with Crippen LogP contribution in [0.3, 0.4) is 0 Å². The van der Waals surface area contributed by atoms with Gasteiger partial charge in [-0.2, -0.15) is 0 Å². The summed E-state index contributed by atoms with van der Waals surface area (Å²) in [4.78, 5) is 20.2. The van der Waals surface area contributed by atoms with E-state index >= 15 is 0 Å². The van der Waals surface area contributed by atoms with Gasteiger partial charge in [-0.25, -0.2) is 4.79 Å². The molecule has 0 aromatic carbocycles. The van der Waals surface area contributed by atoms with Crippen molar-refractivity contribution in [1.29, 1.82) is 0 Å². The third-order valence-corrected chi connectivity index (χ3v) is 3.29. The van der Waals surface area contributed by atoms with Crippen LogP contribution in [0.25, 0.3) is 11.0 Å². The maximum atomic E-state index is 11.7. The molecule has 100 valence electrons. The Morgan fingerprint density at radius 2 is 2.11 bits per heavy atom. The molecule has 0 fully saturated rings. The minimum absolute atomic E-state index is 0.498. The summed E-state index contributed by atoms with van der Waals surface area (Å²) in [6.07, 6.45) is 2.81. The Morgan fingerprint density at radius 3 is 2.79 bits per heavy atom. The van der Waals surface area contributed by atoms with Crippen molar-refractivity contribution in [3.05, 3.63) is 28.1 Å². The summed E-state index contributed by atoms with van der Waals surface area (Å²) < 4.78 is 6.05. The highest BCUT2D eigenvalue weighted by atomic mass is 127. The van der Waals surface area contributed by atoms with Crippen LogP contribution in [-0.2, 0) is 4.74 Å². The molecule has 0 aliphatic rings. The molecule has 5 nitrogen and oxygen atoms in total. The highest BCUT2D eigenvalue weighted by Gasteiger charge is 2.17. The molecule has 0 unspecified atom stereocenters. The van der Waals surface area contributed by atoms with Crippen molar-refractivity contribution in [3.63, 3.8) is 0 Å². The van der Waals surface area contributed by atoms with Crippen LogP contribution in [0.1, 0.15) is 20.8 Å². The summed E-state index contributed by atoms with van der Waals surface area (Å²) in [5.74, 6) is 0. The lowest BCUT2D eigenvalue weighted by molar-refractivity contribution is 0.0636. The zero-order chi connectivity index (χ0) is 14.0. The lowest BCUT2D eigenvalue weighted by atomic mass is 10.2. The fourth-order valence-corrected chi connectivity index (χ4v) is 2.18. The number of amides is 1. The van der Waals surface area contributed by atoms with Crippen LogP contribution in [0, 0.1) is 3.57 Å². The monoisotopic (exact) mass is 371 g/mol. The lowest BCUT2D eigenvalue weighted by Gasteiger charge is -2.20. The number of aromatic nitrogens is 2. The van der Waals surface area contributed by atoms with Gasteiger partial charge in [-0.15, -0.1) is 0 Å². The summed E-state index contributed by atoms with van der Waals surface area (Å²) in [5, 5.41) is 2.69. The Labute approximate surface area is 124 Å². The second-order valence-corrected chi connectivity index (χ2v) is 6.06. The minimum Gasteiger partial charge on any atom is -0.444 e. The number of rotatable bonds is 1. The predicted octanol–water partition coefficient (Wildman–Crippen LogP) is 3.58. The Morgan fingerprint density at radius 1 is 1.37 bits per heavy atom. The Hall–Kier alpha value is -1.44. The van der Waals surface area contributed by atoms with Gasteiger partial charge in [0.05, 0.1) is 21.0 Å². The number of carbonyl (C=O) groups excluding carboxylic acids is 1. The van der Waals surface area contributed by atoms with Crippen molar-refractivity contribution in [1.82, 2.24) is 9.97 Å². The highest BCUT2D eigenvalue weighted by Crippen LogP contribution is 2.24. The standard InChI is InChI=1S/C13H14IN3O2/c1-13(2,3)19-12(18)17-9-7-16-8-5-4-6-15-11(8)10(9)14/h4-7H,1-3H3,(H,17,18). The van der Waals surface area contributed by atoms with E-state index in [-0.39, 0.29) is 0 Å². The summed E-state index contributed by atoms with van der Waals surface area (Å²) in [7, 11) is 0. The first kappa shape index (κ1) is 14.0. The fourth-order valence-electron chi connectivity index (χ4n) is 1.49. The number of hydrogen-bond donors (Lipinski definition) is 1. The van der Waals surface area contributed by atoms with Gasteiger partial charge in [0, 0.05) is 6.20 Å². The molecule has 0 radical (unpaired) electrons. The molecule has 19 heavy (non-hydrogen) atoms. The first-order valence-corrected chi connectivity index (χ1v) is 6.84. The van der Waals surface area contributed by atoms with E-state index in [0.717, 1.165) is 14.6 Å². The Bertz CT molecular complexity index is 623. The second-order valence-electron chi connectivity index (χ2n) is 4.98. The topological polar surface area (TPSA) is 64.1 Å². The van der Waals surface area contributed by atoms with Gasteiger partial charge in [-0.1, -0.05) is 0 Å². The van der Waals surface area contributed by atoms with Gasteiger partial charge in [0.15, 0.2) is 0 Å². The molecule has 0 spiro atoms. The van der Waals surface area contributed by atoms with Gasteiger partial charge < -0.3 is 4.74 Å². The quantitative estimate of drug-likeness (QED) is 0.779. The van der Waals surface area contributed by atoms with E-state index in [1.165, 1.54) is 0 Å². The summed E-state index contributed by atoms with van der Waals surface area (Å²) in [6, 6.07) is 3.70. The van der Waals surface area contributed by atoms with Crippen LogP contribution in [0.2, 0.25) is 0 Å². The average Bonchev–Trinajstić information content (AvgIpc) is 2.31. The van der Waals surface area contributed by atoms with E-state index < -0.39 is 11.7 Å². The number of ether oxygens (including phenoxy) is 1. The van der Waals surface area contributed by atoms with Gasteiger partial charge in [0.1, 0.15) is 11.1 Å². The number of nitrogens with one attached hydrogen (secondary N) is 1. The molecule has 0 aliphatic carbocycles. The molecule has 0 atom stereocenters. The molecular weight excluding hydrogens is 357 g/mol. The molecule has 2 aromatic rings. The van der Waals surface area contributed by atoms with Crippen molar-refractivity contribution < 1.29 is 9.53 Å². The molecule has 1 amide bonds. The number of nitrogens with zero attached hydrogens (tertiary/aromatic N) is 2. The van der Waals surface area contributed by atoms with Crippen molar-refractivity contribution in [2.45, 2.75) is 26.4 Å². The molecular formula is C13H14IN3O2. The fraction of sp³-hybridized carbons (Fsp3) is 0.308. The minimum atomic E-state index is -0.530. The molecule has 2 aromatic heterocycles. The highest BCUT2D eigenvalue weighted by molar-refractivity contribution is 14.1. The molecule has 0 saturated heterocycles. The van der Waals surface area contributed by atoms with Crippen molar-refractivity contribution in [2.75, 3.05) is 5.32 Å². The number of carbonyl (C=O) groups is 1. The molecule has 0 saturated carbocycles. The Balaban J connectivity index is 2.26. The van der Waals surface area contributed by atoms with Crippen LogP contribution in [0.15, 0.2) is 24.5 Å². The second kappa shape index (κ2) is 5.28. The summed E-state index contributed by atoms with van der Waals surface area (Å²) in [6.45, 7) is 5.45. The van der Waals surface area contributed by atoms with E-state index in [9.17, 15) is 4.79 Å². The van der Waals surface area contributed by atoms with Crippen molar-refractivity contribution >= 4 is 45.4 Å². The maximum absolute atomic E-state index is 11.7. The molecule has 6 heteroatoms. The van der Waals surface area contributed by atoms with E-state index in [1.807, 2.05) is 32.9 Å². The zero-order valence-corrected chi connectivity index (χ0v) is 13.1. The van der Waals surface area contributed by atoms with Crippen LogP contribution in [0.4, 0.5) is 10.5 Å². The van der Waals surface area contributed by atoms with Crippen molar-refractivity contribution in [2.24, 2.45) is 0 Å². The molecule has 0 bridgehead atoms. The molecule has 0 aliphatic heterocycles. The van der Waals surface area contributed by atoms with E-state index in [0.29, 0.717) is 5.69 Å². The van der Waals surface area contributed by atoms with Crippen LogP contribution >= 0.6 is 22.6 Å². The molecule has 1 N–H and O–H groups in total. The average molecular weight is 371 g/mol. The van der Waals surface area contributed by atoms with Gasteiger partial charge in [0.2, 0.25) is 0 Å². The SMILES string of the molecule is CC(C)(C)OC(=O)Nc1cnc2cccnc2c1I. The largest absolute Gasteiger partial charge is 0.444 e. The third-order valence-electron chi connectivity index (χ3n) is 2.20. The van der Waals surface area contributed by atoms with Crippen molar-refractivity contribution in [3.8, 4) is 0 Å². The van der Waals surface area contributed by atoms with E-state index in [4.69, 9.17) is 4.74 Å². The van der Waals surface area contributed by atoms with Crippen LogP contribution < -0.4 is 5.32 Å². The van der Waals surface area contributed by atoms with Gasteiger partial charge in [-0.05, 0) is 55.5 Å². The normalized spacial score (nSPS) is 11.4. The zero-order valence-electron chi connectivity index (χ0n) is 10.9. The Kier molecular flexibility index (Phi) is 3.88. The molecule has 2 heterocycles. The smallest absolute Gasteiger partial charge is 0.412 e. The first-order chi connectivity index (χ1) is 8.87. The number of pyridine rings is 2. The molecule has 2 rings (SSSR count). The van der Waals surface area contributed by atoms with Gasteiger partial charge >= 0.3 is 6.09 Å². The summed E-state index contributed by atoms with van der Waals surface area (Å²) in [5.41, 5.74) is 1.62. The van der Waals surface area contributed by atoms with E-state index in [1.54, 1.807) is 12.4 Å². The number of anilines is 1. The number of fused-ring (bicyclic) bond motifs is 1. The van der Waals surface area contributed by atoms with Gasteiger partial charge in [-0.3, -0.25) is 15.3 Å². The number of hydrogen-bond acceptors (Lipinski definition) is 4. The third kappa shape index (κ3) is 3.52. The number of halogens is 1. The van der Waals surface area contributed by atoms with Crippen LogP contribution in [-0.4, -0.2) is 21.7 Å². The predicted molar refractivity (Wildman–Crippen MR) is 82.1 cm³/mol. The summed E-state index contributed by atoms with van der Waals surface area (Å²) >= 11 is 2.14. The van der Waals surface area contributed by atoms with E-state index in [2.05, 4.69) is 37.9 Å². The lowest BCUT2D eigenvalue weighted by Crippen LogP contribution is -2.27. The van der Waals surface area contributed by atoms with Gasteiger partial charge in [0.25, 0.3) is 0 Å². The van der Waals surface area contributed by atoms with Crippen LogP contribution in [0.5, 0.6) is 0 Å². The first-order valence-electron chi connectivity index (χ1n) is 5.76. The maximum Gasteiger partial charge on any atom is 0.412 e.